The van der Waals surface area contributed by atoms with Gasteiger partial charge in [0.05, 0.1) is 24.3 Å². The molecule has 12 heteroatoms. The topological polar surface area (TPSA) is 140 Å². The zero-order valence-corrected chi connectivity index (χ0v) is 22.6. The quantitative estimate of drug-likeness (QED) is 0.217. The van der Waals surface area contributed by atoms with Crippen LogP contribution >= 0.6 is 0 Å². The summed E-state index contributed by atoms with van der Waals surface area (Å²) in [7, 11) is 0. The number of aliphatic hydroxyl groups is 2. The molecule has 3 atom stereocenters. The minimum Gasteiger partial charge on any atom is -0.462 e. The van der Waals surface area contributed by atoms with E-state index in [-0.39, 0.29) is 23.6 Å². The van der Waals surface area contributed by atoms with E-state index in [2.05, 4.69) is 17.2 Å². The molecule has 1 aliphatic heterocycles. The number of benzene rings is 1. The maximum Gasteiger partial charge on any atom is 0.351 e. The predicted octanol–water partition coefficient (Wildman–Crippen LogP) is 4.07. The van der Waals surface area contributed by atoms with Crippen LogP contribution in [0.2, 0.25) is 0 Å². The fraction of sp³-hybridized carbons (Fsp3) is 0.571. The molecule has 220 valence electrons. The number of carbonyl (C=O) groups is 2. The summed E-state index contributed by atoms with van der Waals surface area (Å²) < 4.78 is 39.5. The summed E-state index contributed by atoms with van der Waals surface area (Å²) >= 11 is 0. The summed E-state index contributed by atoms with van der Waals surface area (Å²) in [6.45, 7) is 1.54. The maximum atomic E-state index is 14.4. The molecular weight excluding hydrogens is 528 g/mol. The molecule has 1 aromatic carbocycles. The molecule has 1 aromatic heterocycles. The molecule has 3 rings (SSSR count). The van der Waals surface area contributed by atoms with Crippen LogP contribution in [0.5, 0.6) is 0 Å². The van der Waals surface area contributed by atoms with Gasteiger partial charge in [0.25, 0.3) is 5.91 Å². The Hall–Kier alpha value is -3.22. The zero-order valence-electron chi connectivity index (χ0n) is 22.6. The van der Waals surface area contributed by atoms with Crippen molar-refractivity contribution in [2.75, 3.05) is 18.5 Å². The van der Waals surface area contributed by atoms with E-state index in [1.54, 1.807) is 12.1 Å². The van der Waals surface area contributed by atoms with Crippen LogP contribution in [0.4, 0.5) is 14.6 Å². The van der Waals surface area contributed by atoms with Crippen molar-refractivity contribution in [2.45, 2.75) is 89.1 Å². The number of esters is 1. The van der Waals surface area contributed by atoms with Crippen LogP contribution in [0, 0.1) is 0 Å². The van der Waals surface area contributed by atoms with E-state index in [0.29, 0.717) is 4.57 Å². The van der Waals surface area contributed by atoms with E-state index in [0.717, 1.165) is 37.9 Å². The first kappa shape index (κ1) is 31.3. The number of amides is 1. The zero-order chi connectivity index (χ0) is 29.1. The molecule has 0 spiro atoms. The van der Waals surface area contributed by atoms with E-state index >= 15 is 0 Å². The number of halogens is 2. The van der Waals surface area contributed by atoms with Gasteiger partial charge in [0.1, 0.15) is 11.9 Å². The number of rotatable bonds is 15. The summed E-state index contributed by atoms with van der Waals surface area (Å²) in [4.78, 5) is 41.6. The first-order chi connectivity index (χ1) is 19.2. The number of carbonyl (C=O) groups excluding carboxylic acids is 2. The first-order valence-corrected chi connectivity index (χ1v) is 13.7. The second-order valence-electron chi connectivity index (χ2n) is 9.80. The highest BCUT2D eigenvalue weighted by Gasteiger charge is 2.59. The molecule has 0 unspecified atom stereocenters. The molecule has 1 fully saturated rings. The minimum atomic E-state index is -3.86. The largest absolute Gasteiger partial charge is 0.462 e. The number of hydrogen-bond acceptors (Lipinski definition) is 8. The molecule has 2 aromatic rings. The lowest BCUT2D eigenvalue weighted by molar-refractivity contribution is -0.140. The number of nitrogens with zero attached hydrogens (tertiary/aromatic N) is 2. The Morgan fingerprint density at radius 2 is 1.68 bits per heavy atom. The highest BCUT2D eigenvalue weighted by molar-refractivity contribution is 6.10. The molecule has 1 saturated heterocycles. The monoisotopic (exact) mass is 565 g/mol. The number of unbranched alkanes of at least 4 members (excludes halogenated alkanes) is 8. The van der Waals surface area contributed by atoms with Crippen molar-refractivity contribution >= 4 is 17.7 Å². The molecule has 0 saturated carbocycles. The molecular formula is C28H37F2N3O7. The van der Waals surface area contributed by atoms with Gasteiger partial charge < -0.3 is 25.0 Å². The Morgan fingerprint density at radius 3 is 2.27 bits per heavy atom. The van der Waals surface area contributed by atoms with Crippen molar-refractivity contribution in [1.82, 2.24) is 9.55 Å². The smallest absolute Gasteiger partial charge is 0.351 e. The number of nitrogens with one attached hydrogen (secondary N) is 1. The van der Waals surface area contributed by atoms with Crippen LogP contribution in [-0.2, 0) is 9.47 Å². The average Bonchev–Trinajstić information content (AvgIpc) is 3.17. The van der Waals surface area contributed by atoms with Gasteiger partial charge in [-0.05, 0) is 24.6 Å². The highest BCUT2D eigenvalue weighted by atomic mass is 19.3. The fourth-order valence-electron chi connectivity index (χ4n) is 4.48. The van der Waals surface area contributed by atoms with Gasteiger partial charge in [-0.1, -0.05) is 70.4 Å². The lowest BCUT2D eigenvalue weighted by Gasteiger charge is -2.21. The van der Waals surface area contributed by atoms with E-state index in [9.17, 15) is 28.3 Å². The lowest BCUT2D eigenvalue weighted by atomic mass is 10.1. The van der Waals surface area contributed by atoms with E-state index in [4.69, 9.17) is 14.6 Å². The average molecular weight is 566 g/mol. The van der Waals surface area contributed by atoms with Crippen molar-refractivity contribution < 1.29 is 38.1 Å². The van der Waals surface area contributed by atoms with Gasteiger partial charge in [-0.25, -0.2) is 9.59 Å². The van der Waals surface area contributed by atoms with Crippen LogP contribution in [-0.4, -0.2) is 63.0 Å². The van der Waals surface area contributed by atoms with Crippen molar-refractivity contribution in [3.63, 3.8) is 0 Å². The van der Waals surface area contributed by atoms with Gasteiger partial charge in [-0.2, -0.15) is 13.8 Å². The maximum absolute atomic E-state index is 14.4. The first-order valence-electron chi connectivity index (χ1n) is 13.7. The molecule has 0 bridgehead atoms. The molecule has 10 nitrogen and oxygen atoms in total. The predicted molar refractivity (Wildman–Crippen MR) is 142 cm³/mol. The molecule has 40 heavy (non-hydrogen) atoms. The van der Waals surface area contributed by atoms with Crippen LogP contribution in [0.25, 0.3) is 0 Å². The van der Waals surface area contributed by atoms with Crippen LogP contribution in [0.1, 0.15) is 91.7 Å². The SMILES string of the molecule is CCCCCCCCCCCOC(=O)c1ccccc1C(=O)Nc1ccn([C@@H]2O[C@H](CO)[C@@H](O)C2(F)F)c(=O)n1. The van der Waals surface area contributed by atoms with Crippen molar-refractivity contribution in [2.24, 2.45) is 0 Å². The molecule has 1 amide bonds. The number of aromatic nitrogens is 2. The molecule has 3 N–H and O–H groups in total. The van der Waals surface area contributed by atoms with E-state index < -0.39 is 48.5 Å². The van der Waals surface area contributed by atoms with Gasteiger partial charge in [-0.3, -0.25) is 9.36 Å². The fourth-order valence-corrected chi connectivity index (χ4v) is 4.48. The van der Waals surface area contributed by atoms with Crippen molar-refractivity contribution in [3.8, 4) is 0 Å². The second-order valence-corrected chi connectivity index (χ2v) is 9.80. The van der Waals surface area contributed by atoms with Gasteiger partial charge in [0.15, 0.2) is 6.10 Å². The van der Waals surface area contributed by atoms with Gasteiger partial charge in [-0.15, -0.1) is 0 Å². The van der Waals surface area contributed by atoms with Gasteiger partial charge >= 0.3 is 17.6 Å². The number of anilines is 1. The van der Waals surface area contributed by atoms with E-state index in [1.807, 2.05) is 0 Å². The summed E-state index contributed by atoms with van der Waals surface area (Å²) in [5, 5.41) is 21.2. The standard InChI is InChI=1S/C28H37F2N3O7/c1-2-3-4-5-6-7-8-9-12-17-39-25(37)20-14-11-10-13-19(20)24(36)31-22-15-16-33(27(38)32-22)26-28(29,30)23(35)21(18-34)40-26/h10-11,13-16,21,23,26,34-35H,2-9,12,17-18H2,1H3,(H,31,32,36,38)/t21-,23-,26-/m1/s1. The molecule has 1 aliphatic rings. The Morgan fingerprint density at radius 1 is 1.05 bits per heavy atom. The Labute approximate surface area is 231 Å². The van der Waals surface area contributed by atoms with Crippen molar-refractivity contribution in [3.05, 3.63) is 58.1 Å². The lowest BCUT2D eigenvalue weighted by Crippen LogP contribution is -2.41. The molecule has 2 heterocycles. The third-order valence-corrected chi connectivity index (χ3v) is 6.76. The minimum absolute atomic E-state index is 0.00914. The number of alkyl halides is 2. The molecule has 0 aliphatic carbocycles. The normalized spacial score (nSPS) is 19.9. The second kappa shape index (κ2) is 15.0. The Kier molecular flexibility index (Phi) is 11.7. The van der Waals surface area contributed by atoms with Gasteiger partial charge in [0, 0.05) is 6.20 Å². The number of ether oxygens (including phenoxy) is 2. The van der Waals surface area contributed by atoms with Gasteiger partial charge in [0.2, 0.25) is 6.23 Å². The third kappa shape index (κ3) is 7.92. The summed E-state index contributed by atoms with van der Waals surface area (Å²) in [6.07, 6.45) is 4.95. The van der Waals surface area contributed by atoms with Crippen molar-refractivity contribution in [1.29, 1.82) is 0 Å². The Bertz CT molecular complexity index is 1190. The summed E-state index contributed by atoms with van der Waals surface area (Å²) in [5.41, 5.74) is -1.15. The van der Waals surface area contributed by atoms with Crippen LogP contribution < -0.4 is 11.0 Å². The highest BCUT2D eigenvalue weighted by Crippen LogP contribution is 2.42. The van der Waals surface area contributed by atoms with E-state index in [1.165, 1.54) is 44.2 Å². The number of hydrogen-bond donors (Lipinski definition) is 3. The van der Waals surface area contributed by atoms with Crippen LogP contribution in [0.15, 0.2) is 41.3 Å². The van der Waals surface area contributed by atoms with Crippen LogP contribution in [0.3, 0.4) is 0 Å². The summed E-state index contributed by atoms with van der Waals surface area (Å²) in [5.74, 6) is -5.52. The third-order valence-electron chi connectivity index (χ3n) is 6.76. The Balaban J connectivity index is 1.55. The number of aliphatic hydroxyl groups excluding tert-OH is 2. The molecule has 0 radical (unpaired) electrons. The summed E-state index contributed by atoms with van der Waals surface area (Å²) in [6, 6.07) is 7.10.